The van der Waals surface area contributed by atoms with Gasteiger partial charge in [0.25, 0.3) is 5.91 Å². The van der Waals surface area contributed by atoms with Gasteiger partial charge in [0, 0.05) is 32.7 Å². The summed E-state index contributed by atoms with van der Waals surface area (Å²) >= 11 is 0. The Morgan fingerprint density at radius 3 is 2.47 bits per heavy atom. The van der Waals surface area contributed by atoms with Crippen molar-refractivity contribution < 1.29 is 14.6 Å². The van der Waals surface area contributed by atoms with Gasteiger partial charge in [-0.25, -0.2) is 0 Å². The van der Waals surface area contributed by atoms with Crippen molar-refractivity contribution in [2.75, 3.05) is 38.5 Å². The second kappa shape index (κ2) is 11.4. The van der Waals surface area contributed by atoms with Crippen molar-refractivity contribution in [1.82, 2.24) is 24.3 Å². The summed E-state index contributed by atoms with van der Waals surface area (Å²) in [6, 6.07) is 12.5. The van der Waals surface area contributed by atoms with E-state index in [0.29, 0.717) is 48.8 Å². The van der Waals surface area contributed by atoms with Gasteiger partial charge in [0.1, 0.15) is 23.7 Å². The van der Waals surface area contributed by atoms with Crippen molar-refractivity contribution in [2.45, 2.75) is 51.8 Å². The minimum Gasteiger partial charge on any atom is -0.463 e. The van der Waals surface area contributed by atoms with Crippen molar-refractivity contribution >= 4 is 22.8 Å². The third kappa shape index (κ3) is 5.74. The largest absolute Gasteiger partial charge is 0.463 e. The van der Waals surface area contributed by atoms with Crippen LogP contribution in [-0.4, -0.2) is 74.2 Å². The molecule has 1 saturated heterocycles. The second-order valence-corrected chi connectivity index (χ2v) is 10.3. The highest BCUT2D eigenvalue weighted by atomic mass is 16.5. The molecule has 0 radical (unpaired) electrons. The van der Waals surface area contributed by atoms with Gasteiger partial charge in [0.2, 0.25) is 0 Å². The Kier molecular flexibility index (Phi) is 7.77. The molecule has 1 aliphatic carbocycles. The van der Waals surface area contributed by atoms with Crippen LogP contribution in [0.5, 0.6) is 6.01 Å². The molecule has 2 fully saturated rings. The van der Waals surface area contributed by atoms with E-state index in [1.54, 1.807) is 11.0 Å². The number of carbonyl (C=O) groups is 1. The van der Waals surface area contributed by atoms with Crippen molar-refractivity contribution in [3.8, 4) is 12.1 Å². The number of aliphatic hydroxyl groups excluding tert-OH is 1. The molecule has 38 heavy (non-hydrogen) atoms. The lowest BCUT2D eigenvalue weighted by atomic mass is 10.1. The van der Waals surface area contributed by atoms with E-state index in [1.807, 2.05) is 4.57 Å². The zero-order valence-electron chi connectivity index (χ0n) is 21.8. The maximum absolute atomic E-state index is 12.4. The van der Waals surface area contributed by atoms with Gasteiger partial charge in [0.05, 0.1) is 18.5 Å². The van der Waals surface area contributed by atoms with E-state index in [1.165, 1.54) is 5.56 Å². The topological polar surface area (TPSA) is 134 Å². The molecule has 0 bridgehead atoms. The Balaban J connectivity index is 1.22. The monoisotopic (exact) mass is 517 g/mol. The number of nitrogen functional groups attached to an aromatic ring is 1. The van der Waals surface area contributed by atoms with Gasteiger partial charge in [0.15, 0.2) is 5.65 Å². The van der Waals surface area contributed by atoms with E-state index < -0.39 is 6.10 Å². The normalized spacial score (nSPS) is 16.9. The Morgan fingerprint density at radius 1 is 1.16 bits per heavy atom. The van der Waals surface area contributed by atoms with Crippen LogP contribution in [0, 0.1) is 17.2 Å². The van der Waals surface area contributed by atoms with Crippen LogP contribution >= 0.6 is 0 Å². The minimum atomic E-state index is -0.823. The number of rotatable bonds is 10. The van der Waals surface area contributed by atoms with Crippen molar-refractivity contribution in [2.24, 2.45) is 5.92 Å². The number of carbonyl (C=O) groups excluding carboxylic acids is 1. The molecular weight excluding hydrogens is 482 g/mol. The van der Waals surface area contributed by atoms with E-state index >= 15 is 0 Å². The fourth-order valence-electron chi connectivity index (χ4n) is 4.87. The van der Waals surface area contributed by atoms with Crippen LogP contribution < -0.4 is 10.5 Å². The van der Waals surface area contributed by atoms with Crippen LogP contribution in [0.3, 0.4) is 0 Å². The maximum Gasteiger partial charge on any atom is 0.320 e. The van der Waals surface area contributed by atoms with Gasteiger partial charge >= 0.3 is 6.01 Å². The summed E-state index contributed by atoms with van der Waals surface area (Å²) < 4.78 is 7.53. The van der Waals surface area contributed by atoms with Gasteiger partial charge in [-0.2, -0.15) is 15.2 Å². The molecular formula is C28H35N7O3. The maximum atomic E-state index is 12.4. The number of nitrogens with two attached hydrogens (primary N) is 1. The molecule has 2 aliphatic rings. The van der Waals surface area contributed by atoms with Crippen LogP contribution in [0.2, 0.25) is 0 Å². The third-order valence-corrected chi connectivity index (χ3v) is 7.38. The van der Waals surface area contributed by atoms with Crippen LogP contribution in [0.15, 0.2) is 30.3 Å². The lowest BCUT2D eigenvalue weighted by Crippen LogP contribution is -2.51. The molecule has 3 aromatic rings. The number of hydrogen-bond donors (Lipinski definition) is 2. The summed E-state index contributed by atoms with van der Waals surface area (Å²) in [4.78, 5) is 25.4. The molecule has 10 nitrogen and oxygen atoms in total. The Bertz CT molecular complexity index is 1320. The first kappa shape index (κ1) is 25.9. The first-order valence-electron chi connectivity index (χ1n) is 13.4. The summed E-state index contributed by atoms with van der Waals surface area (Å²) in [5.41, 5.74) is 9.44. The number of fused-ring (bicyclic) bond motifs is 1. The fraction of sp³-hybridized carbons (Fsp3) is 0.500. The van der Waals surface area contributed by atoms with Crippen molar-refractivity contribution in [3.63, 3.8) is 0 Å². The average Bonchev–Trinajstić information content (AvgIpc) is 3.72. The number of unbranched alkanes of at least 4 members (excludes halogenated alkanes) is 1. The highest BCUT2D eigenvalue weighted by molar-refractivity contribution is 5.88. The summed E-state index contributed by atoms with van der Waals surface area (Å²) in [6.45, 7) is 6.74. The number of aromatic nitrogens is 3. The Labute approximate surface area is 222 Å². The van der Waals surface area contributed by atoms with E-state index in [-0.39, 0.29) is 17.8 Å². The molecule has 3 N–H and O–H groups in total. The molecule has 5 rings (SSSR count). The van der Waals surface area contributed by atoms with Gasteiger partial charge in [-0.05, 0) is 42.4 Å². The quantitative estimate of drug-likeness (QED) is 0.392. The average molecular weight is 518 g/mol. The standard InChI is InChI=1S/C28H35N7O3/c1-2-3-14-38-28-31-25(30)23-15-22(16-29)35(26(23)32-28)18-20-6-4-19(5-7-20)17-33-10-12-34(13-11-33)27(37)24(36)21-8-9-21/h4-7,15,21,24,36H,2-3,8-14,17-18H2,1H3,(H2,30,31,32)/t24-/m1/s1. The number of benzene rings is 1. The molecule has 0 unspecified atom stereocenters. The Morgan fingerprint density at radius 2 is 1.84 bits per heavy atom. The van der Waals surface area contributed by atoms with E-state index in [9.17, 15) is 15.2 Å². The molecule has 1 saturated carbocycles. The van der Waals surface area contributed by atoms with E-state index in [0.717, 1.165) is 50.9 Å². The summed E-state index contributed by atoms with van der Waals surface area (Å²) in [5.74, 6) is 0.354. The smallest absolute Gasteiger partial charge is 0.320 e. The number of nitrogens with zero attached hydrogens (tertiary/aromatic N) is 6. The van der Waals surface area contributed by atoms with E-state index in [2.05, 4.69) is 52.1 Å². The molecule has 0 spiro atoms. The molecule has 1 amide bonds. The first-order valence-corrected chi connectivity index (χ1v) is 13.4. The van der Waals surface area contributed by atoms with Crippen LogP contribution in [0.1, 0.15) is 49.4 Å². The number of nitriles is 1. The molecule has 200 valence electrons. The SMILES string of the molecule is CCCCOc1nc(N)c2cc(C#N)n(Cc3ccc(CN4CCN(C(=O)[C@H](O)C5CC5)CC4)cc3)c2n1. The molecule has 3 heterocycles. The Hall–Kier alpha value is -3.68. The van der Waals surface area contributed by atoms with Crippen LogP contribution in [-0.2, 0) is 17.9 Å². The van der Waals surface area contributed by atoms with Crippen LogP contribution in [0.4, 0.5) is 5.82 Å². The number of piperazine rings is 1. The second-order valence-electron chi connectivity index (χ2n) is 10.3. The van der Waals surface area contributed by atoms with E-state index in [4.69, 9.17) is 10.5 Å². The minimum absolute atomic E-state index is 0.113. The number of aliphatic hydroxyl groups is 1. The van der Waals surface area contributed by atoms with Crippen molar-refractivity contribution in [1.29, 1.82) is 5.26 Å². The molecule has 1 aliphatic heterocycles. The zero-order valence-corrected chi connectivity index (χ0v) is 21.8. The first-order chi connectivity index (χ1) is 18.5. The number of hydrogen-bond acceptors (Lipinski definition) is 8. The van der Waals surface area contributed by atoms with Crippen LogP contribution in [0.25, 0.3) is 11.0 Å². The highest BCUT2D eigenvalue weighted by Gasteiger charge is 2.37. The van der Waals surface area contributed by atoms with Crippen molar-refractivity contribution in [3.05, 3.63) is 47.2 Å². The predicted molar refractivity (Wildman–Crippen MR) is 143 cm³/mol. The summed E-state index contributed by atoms with van der Waals surface area (Å²) in [6.07, 6.45) is 2.99. The molecule has 1 atom stereocenters. The van der Waals surface area contributed by atoms with Gasteiger partial charge in [-0.3, -0.25) is 9.69 Å². The lowest BCUT2D eigenvalue weighted by Gasteiger charge is -2.35. The fourth-order valence-corrected chi connectivity index (χ4v) is 4.87. The number of anilines is 1. The van der Waals surface area contributed by atoms with Gasteiger partial charge < -0.3 is 25.0 Å². The highest BCUT2D eigenvalue weighted by Crippen LogP contribution is 2.33. The molecule has 2 aromatic heterocycles. The predicted octanol–water partition coefficient (Wildman–Crippen LogP) is 2.53. The molecule has 1 aromatic carbocycles. The number of amides is 1. The third-order valence-electron chi connectivity index (χ3n) is 7.38. The number of ether oxygens (including phenoxy) is 1. The zero-order chi connectivity index (χ0) is 26.6. The summed E-state index contributed by atoms with van der Waals surface area (Å²) in [5, 5.41) is 20.5. The van der Waals surface area contributed by atoms with Gasteiger partial charge in [-0.1, -0.05) is 37.6 Å². The lowest BCUT2D eigenvalue weighted by molar-refractivity contribution is -0.143. The molecule has 10 heteroatoms. The van der Waals surface area contributed by atoms with Gasteiger partial charge in [-0.15, -0.1) is 0 Å². The summed E-state index contributed by atoms with van der Waals surface area (Å²) in [7, 11) is 0.